The van der Waals surface area contributed by atoms with Gasteiger partial charge in [-0.3, -0.25) is 0 Å². The average molecular weight is 289 g/mol. The van der Waals surface area contributed by atoms with Gasteiger partial charge in [0.2, 0.25) is 0 Å². The number of amides is 1. The first-order valence-electron chi connectivity index (χ1n) is 6.98. The number of hydrogen-bond acceptors (Lipinski definition) is 4. The summed E-state index contributed by atoms with van der Waals surface area (Å²) in [4.78, 5) is 13.8. The van der Waals surface area contributed by atoms with Crippen molar-refractivity contribution in [3.63, 3.8) is 0 Å². The van der Waals surface area contributed by atoms with E-state index in [2.05, 4.69) is 6.26 Å². The van der Waals surface area contributed by atoms with Crippen LogP contribution in [-0.2, 0) is 4.74 Å². The maximum atomic E-state index is 12.0. The number of aliphatic hydroxyl groups excluding tert-OH is 1. The zero-order chi connectivity index (χ0) is 14.5. The lowest BCUT2D eigenvalue weighted by Gasteiger charge is -2.37. The Morgan fingerprint density at radius 3 is 2.74 bits per heavy atom. The van der Waals surface area contributed by atoms with Gasteiger partial charge in [0.25, 0.3) is 0 Å². The van der Waals surface area contributed by atoms with Gasteiger partial charge in [-0.25, -0.2) is 4.79 Å². The molecule has 0 radical (unpaired) electrons. The van der Waals surface area contributed by atoms with E-state index in [1.807, 2.05) is 32.5 Å². The molecule has 0 aromatic carbocycles. The standard InChI is InChI=1S/C14H27NO3S/c1-14(2,3)18-13(17)15-8-7-12(16)11(10-15)6-5-9-19-4/h11-12,16H,5-10H2,1-4H3. The predicted molar refractivity (Wildman–Crippen MR) is 79.5 cm³/mol. The molecule has 2 unspecified atom stereocenters. The molecule has 0 bridgehead atoms. The Kier molecular flexibility index (Phi) is 6.47. The highest BCUT2D eigenvalue weighted by Crippen LogP contribution is 2.23. The van der Waals surface area contributed by atoms with Crippen molar-refractivity contribution < 1.29 is 14.6 Å². The minimum atomic E-state index is -0.457. The van der Waals surface area contributed by atoms with E-state index in [0.29, 0.717) is 19.5 Å². The maximum absolute atomic E-state index is 12.0. The topological polar surface area (TPSA) is 49.8 Å². The molecule has 0 saturated carbocycles. The summed E-state index contributed by atoms with van der Waals surface area (Å²) in [6, 6.07) is 0. The lowest BCUT2D eigenvalue weighted by atomic mass is 9.91. The third-order valence-corrected chi connectivity index (χ3v) is 3.97. The smallest absolute Gasteiger partial charge is 0.410 e. The largest absolute Gasteiger partial charge is 0.444 e. The Balaban J connectivity index is 2.46. The minimum absolute atomic E-state index is 0.188. The van der Waals surface area contributed by atoms with Crippen LogP contribution in [0.1, 0.15) is 40.0 Å². The van der Waals surface area contributed by atoms with Crippen molar-refractivity contribution in [2.75, 3.05) is 25.1 Å². The van der Waals surface area contributed by atoms with Crippen LogP contribution in [0.4, 0.5) is 4.79 Å². The minimum Gasteiger partial charge on any atom is -0.444 e. The number of likely N-dealkylation sites (tertiary alicyclic amines) is 1. The zero-order valence-electron chi connectivity index (χ0n) is 12.5. The van der Waals surface area contributed by atoms with Gasteiger partial charge in [0, 0.05) is 19.0 Å². The fraction of sp³-hybridized carbons (Fsp3) is 0.929. The van der Waals surface area contributed by atoms with Crippen LogP contribution >= 0.6 is 11.8 Å². The molecule has 1 amide bonds. The Morgan fingerprint density at radius 1 is 1.47 bits per heavy atom. The highest BCUT2D eigenvalue weighted by molar-refractivity contribution is 7.98. The fourth-order valence-corrected chi connectivity index (χ4v) is 2.74. The first-order chi connectivity index (χ1) is 8.83. The predicted octanol–water partition coefficient (Wildman–Crippen LogP) is 2.75. The number of nitrogens with zero attached hydrogens (tertiary/aromatic N) is 1. The Labute approximate surface area is 120 Å². The maximum Gasteiger partial charge on any atom is 0.410 e. The number of aliphatic hydroxyl groups is 1. The Morgan fingerprint density at radius 2 is 2.16 bits per heavy atom. The number of ether oxygens (including phenoxy) is 1. The quantitative estimate of drug-likeness (QED) is 0.809. The molecule has 4 nitrogen and oxygen atoms in total. The lowest BCUT2D eigenvalue weighted by molar-refractivity contribution is -0.00998. The SMILES string of the molecule is CSCCCC1CN(C(=O)OC(C)(C)C)CCC1O. The van der Waals surface area contributed by atoms with Gasteiger partial charge in [-0.15, -0.1) is 0 Å². The first-order valence-corrected chi connectivity index (χ1v) is 8.38. The number of hydrogen-bond donors (Lipinski definition) is 1. The van der Waals surface area contributed by atoms with E-state index in [-0.39, 0.29) is 18.1 Å². The molecule has 0 aromatic rings. The summed E-state index contributed by atoms with van der Waals surface area (Å²) < 4.78 is 5.39. The van der Waals surface area contributed by atoms with Crippen LogP contribution < -0.4 is 0 Å². The first kappa shape index (κ1) is 16.6. The molecule has 112 valence electrons. The normalized spacial score (nSPS) is 24.4. The number of carbonyl (C=O) groups is 1. The van der Waals surface area contributed by atoms with Gasteiger partial charge < -0.3 is 14.7 Å². The molecule has 1 aliphatic heterocycles. The third kappa shape index (κ3) is 6.04. The highest BCUT2D eigenvalue weighted by atomic mass is 32.2. The molecule has 1 N–H and O–H groups in total. The van der Waals surface area contributed by atoms with E-state index in [1.54, 1.807) is 4.90 Å². The van der Waals surface area contributed by atoms with Crippen LogP contribution in [-0.4, -0.2) is 52.9 Å². The fourth-order valence-electron chi connectivity index (χ4n) is 2.29. The third-order valence-electron chi connectivity index (χ3n) is 3.27. The lowest BCUT2D eigenvalue weighted by Crippen LogP contribution is -2.47. The molecule has 5 heteroatoms. The van der Waals surface area contributed by atoms with Gasteiger partial charge in [0.1, 0.15) is 5.60 Å². The van der Waals surface area contributed by atoms with Gasteiger partial charge in [-0.2, -0.15) is 11.8 Å². The van der Waals surface area contributed by atoms with Crippen molar-refractivity contribution in [1.29, 1.82) is 0 Å². The Hall–Kier alpha value is -0.420. The summed E-state index contributed by atoms with van der Waals surface area (Å²) in [6.45, 7) is 6.83. The van der Waals surface area contributed by atoms with Crippen LogP contribution in [0.15, 0.2) is 0 Å². The van der Waals surface area contributed by atoms with Crippen molar-refractivity contribution in [1.82, 2.24) is 4.90 Å². The molecule has 1 heterocycles. The van der Waals surface area contributed by atoms with Gasteiger partial charge in [0.15, 0.2) is 0 Å². The monoisotopic (exact) mass is 289 g/mol. The van der Waals surface area contributed by atoms with Gasteiger partial charge in [-0.1, -0.05) is 0 Å². The van der Waals surface area contributed by atoms with Gasteiger partial charge in [0.05, 0.1) is 6.10 Å². The van der Waals surface area contributed by atoms with Gasteiger partial charge >= 0.3 is 6.09 Å². The van der Waals surface area contributed by atoms with Crippen LogP contribution in [0.2, 0.25) is 0 Å². The zero-order valence-corrected chi connectivity index (χ0v) is 13.3. The van der Waals surface area contributed by atoms with Crippen LogP contribution in [0.5, 0.6) is 0 Å². The molecule has 1 aliphatic rings. The molecule has 19 heavy (non-hydrogen) atoms. The number of thioether (sulfide) groups is 1. The number of piperidine rings is 1. The molecule has 1 fully saturated rings. The van der Waals surface area contributed by atoms with Crippen molar-refractivity contribution >= 4 is 17.9 Å². The summed E-state index contributed by atoms with van der Waals surface area (Å²) in [5, 5.41) is 10.0. The molecule has 2 atom stereocenters. The second-order valence-electron chi connectivity index (χ2n) is 6.18. The van der Waals surface area contributed by atoms with E-state index in [1.165, 1.54) is 0 Å². The molecular formula is C14H27NO3S. The summed E-state index contributed by atoms with van der Waals surface area (Å²) in [7, 11) is 0. The molecule has 1 rings (SSSR count). The summed E-state index contributed by atoms with van der Waals surface area (Å²) >= 11 is 1.82. The van der Waals surface area contributed by atoms with Crippen LogP contribution in [0.25, 0.3) is 0 Å². The van der Waals surface area contributed by atoms with E-state index in [9.17, 15) is 9.90 Å². The van der Waals surface area contributed by atoms with Crippen LogP contribution in [0, 0.1) is 5.92 Å². The van der Waals surface area contributed by atoms with Gasteiger partial charge in [-0.05, 0) is 52.0 Å². The molecule has 0 aliphatic carbocycles. The van der Waals surface area contributed by atoms with Crippen molar-refractivity contribution in [2.24, 2.45) is 5.92 Å². The van der Waals surface area contributed by atoms with Crippen molar-refractivity contribution in [3.8, 4) is 0 Å². The van der Waals surface area contributed by atoms with Crippen LogP contribution in [0.3, 0.4) is 0 Å². The van der Waals surface area contributed by atoms with E-state index in [4.69, 9.17) is 4.74 Å². The number of carbonyl (C=O) groups excluding carboxylic acids is 1. The molecule has 0 spiro atoms. The van der Waals surface area contributed by atoms with E-state index >= 15 is 0 Å². The van der Waals surface area contributed by atoms with E-state index < -0.39 is 5.60 Å². The second-order valence-corrected chi connectivity index (χ2v) is 7.16. The average Bonchev–Trinajstić information content (AvgIpc) is 2.29. The summed E-state index contributed by atoms with van der Waals surface area (Å²) in [5.74, 6) is 1.30. The second kappa shape index (κ2) is 7.39. The molecule has 1 saturated heterocycles. The molecule has 0 aromatic heterocycles. The van der Waals surface area contributed by atoms with E-state index in [0.717, 1.165) is 18.6 Å². The Bertz CT molecular complexity index is 291. The summed E-state index contributed by atoms with van der Waals surface area (Å²) in [6.07, 6.45) is 4.27. The summed E-state index contributed by atoms with van der Waals surface area (Å²) in [5.41, 5.74) is -0.457. The highest BCUT2D eigenvalue weighted by Gasteiger charge is 2.32. The molecular weight excluding hydrogens is 262 g/mol. The number of rotatable bonds is 4. The van der Waals surface area contributed by atoms with Crippen molar-refractivity contribution in [3.05, 3.63) is 0 Å². The van der Waals surface area contributed by atoms with Crippen molar-refractivity contribution in [2.45, 2.75) is 51.7 Å².